The standard InChI is InChI=1S/C23H24Cl3N3O3S/c1-4-22(20(30)29(21(31)32)13-19-27-7-8-28-19)5-6-23(26,14(2)3)18(12-22)33-17-10-15(24)9-16(25)11-17/h5-12,14H,4,13H2,1-3H3,(H,27,28)(H,31,32). The first-order valence-electron chi connectivity index (χ1n) is 10.3. The zero-order chi connectivity index (χ0) is 24.4. The van der Waals surface area contributed by atoms with Gasteiger partial charge in [0.2, 0.25) is 5.91 Å². The third kappa shape index (κ3) is 5.43. The second kappa shape index (κ2) is 10.1. The van der Waals surface area contributed by atoms with E-state index in [1.807, 2.05) is 20.8 Å². The third-order valence-electron chi connectivity index (χ3n) is 5.62. The number of amides is 2. The molecule has 2 aromatic rings. The van der Waals surface area contributed by atoms with Crippen LogP contribution in [0.25, 0.3) is 0 Å². The van der Waals surface area contributed by atoms with Gasteiger partial charge < -0.3 is 10.1 Å². The molecule has 3 rings (SSSR count). The van der Waals surface area contributed by atoms with Crippen LogP contribution in [0.4, 0.5) is 4.79 Å². The second-order valence-corrected chi connectivity index (χ2v) is 10.7. The number of hydrogen-bond donors (Lipinski definition) is 2. The number of thioether (sulfide) groups is 1. The van der Waals surface area contributed by atoms with E-state index in [2.05, 4.69) is 9.97 Å². The summed E-state index contributed by atoms with van der Waals surface area (Å²) >= 11 is 20.8. The van der Waals surface area contributed by atoms with E-state index in [1.165, 1.54) is 18.0 Å². The number of hydrogen-bond acceptors (Lipinski definition) is 4. The summed E-state index contributed by atoms with van der Waals surface area (Å²) in [6.45, 7) is 5.61. The molecule has 0 radical (unpaired) electrons. The van der Waals surface area contributed by atoms with Crippen LogP contribution in [-0.2, 0) is 11.3 Å². The van der Waals surface area contributed by atoms with Gasteiger partial charge >= 0.3 is 6.09 Å². The molecule has 2 atom stereocenters. The average molecular weight is 529 g/mol. The second-order valence-electron chi connectivity index (χ2n) is 8.08. The van der Waals surface area contributed by atoms with Crippen LogP contribution in [0.2, 0.25) is 10.0 Å². The van der Waals surface area contributed by atoms with Crippen LogP contribution in [0.5, 0.6) is 0 Å². The SMILES string of the molecule is CCC1(C(=O)N(Cc2ncc[nH]2)C(=O)O)C=CC(Cl)(C(C)C)C(Sc2cc(Cl)cc(Cl)c2)=C1. The summed E-state index contributed by atoms with van der Waals surface area (Å²) in [7, 11) is 0. The van der Waals surface area contributed by atoms with Crippen molar-refractivity contribution in [2.75, 3.05) is 0 Å². The Labute approximate surface area is 212 Å². The van der Waals surface area contributed by atoms with Crippen LogP contribution >= 0.6 is 46.6 Å². The molecule has 1 heterocycles. The summed E-state index contributed by atoms with van der Waals surface area (Å²) in [6.07, 6.45) is 7.36. The Kier molecular flexibility index (Phi) is 7.89. The molecule has 10 heteroatoms. The van der Waals surface area contributed by atoms with Gasteiger partial charge in [-0.1, -0.05) is 74.0 Å². The Hall–Kier alpha value is -1.93. The fourth-order valence-electron chi connectivity index (χ4n) is 3.56. The number of benzene rings is 1. The molecule has 0 aliphatic heterocycles. The van der Waals surface area contributed by atoms with Crippen molar-refractivity contribution in [3.8, 4) is 0 Å². The number of aromatic amines is 1. The van der Waals surface area contributed by atoms with E-state index in [0.29, 0.717) is 27.2 Å². The van der Waals surface area contributed by atoms with E-state index < -0.39 is 22.3 Å². The fraction of sp³-hybridized carbons (Fsp3) is 0.348. The van der Waals surface area contributed by atoms with Crippen molar-refractivity contribution in [2.45, 2.75) is 43.5 Å². The monoisotopic (exact) mass is 527 g/mol. The molecule has 1 aromatic carbocycles. The van der Waals surface area contributed by atoms with Crippen LogP contribution in [0.3, 0.4) is 0 Å². The van der Waals surface area contributed by atoms with Gasteiger partial charge in [0.1, 0.15) is 5.82 Å². The predicted molar refractivity (Wildman–Crippen MR) is 133 cm³/mol. The molecule has 0 saturated heterocycles. The molecular formula is C23H24Cl3N3O3S. The molecule has 0 fully saturated rings. The van der Waals surface area contributed by atoms with E-state index in [0.717, 1.165) is 9.80 Å². The Morgan fingerprint density at radius 3 is 2.39 bits per heavy atom. The van der Waals surface area contributed by atoms with Crippen molar-refractivity contribution in [3.05, 3.63) is 69.6 Å². The number of nitrogens with one attached hydrogen (secondary N) is 1. The summed E-state index contributed by atoms with van der Waals surface area (Å²) in [4.78, 5) is 33.9. The zero-order valence-electron chi connectivity index (χ0n) is 18.3. The van der Waals surface area contributed by atoms with Gasteiger partial charge in [-0.05, 0) is 30.5 Å². The van der Waals surface area contributed by atoms with Crippen LogP contribution in [0.15, 0.2) is 58.6 Å². The number of H-pyrrole nitrogens is 1. The fourth-order valence-corrected chi connectivity index (χ4v) is 5.80. The zero-order valence-corrected chi connectivity index (χ0v) is 21.4. The van der Waals surface area contributed by atoms with Crippen molar-refractivity contribution in [1.82, 2.24) is 14.9 Å². The molecule has 33 heavy (non-hydrogen) atoms. The highest BCUT2D eigenvalue weighted by Gasteiger charge is 2.46. The van der Waals surface area contributed by atoms with Crippen LogP contribution in [-0.4, -0.2) is 36.8 Å². The minimum absolute atomic E-state index is 0.00697. The third-order valence-corrected chi connectivity index (χ3v) is 8.08. The highest BCUT2D eigenvalue weighted by molar-refractivity contribution is 8.03. The van der Waals surface area contributed by atoms with E-state index in [-0.39, 0.29) is 12.5 Å². The maximum absolute atomic E-state index is 13.6. The predicted octanol–water partition coefficient (Wildman–Crippen LogP) is 7.00. The maximum atomic E-state index is 13.6. The quantitative estimate of drug-likeness (QED) is 0.298. The number of alkyl halides is 1. The summed E-state index contributed by atoms with van der Waals surface area (Å²) < 4.78 is 0. The lowest BCUT2D eigenvalue weighted by molar-refractivity contribution is -0.135. The molecule has 0 saturated carbocycles. The molecule has 176 valence electrons. The lowest BCUT2D eigenvalue weighted by Crippen LogP contribution is -2.46. The van der Waals surface area contributed by atoms with Crippen molar-refractivity contribution in [1.29, 1.82) is 0 Å². The molecule has 2 amide bonds. The maximum Gasteiger partial charge on any atom is 0.414 e. The smallest absolute Gasteiger partial charge is 0.414 e. The molecule has 0 spiro atoms. The molecule has 1 aliphatic rings. The number of imide groups is 1. The Morgan fingerprint density at radius 2 is 1.88 bits per heavy atom. The highest BCUT2D eigenvalue weighted by atomic mass is 35.5. The molecule has 1 aromatic heterocycles. The van der Waals surface area contributed by atoms with Gasteiger partial charge in [0.25, 0.3) is 0 Å². The van der Waals surface area contributed by atoms with Crippen LogP contribution < -0.4 is 0 Å². The van der Waals surface area contributed by atoms with Crippen LogP contribution in [0, 0.1) is 11.3 Å². The van der Waals surface area contributed by atoms with Gasteiger partial charge in [-0.25, -0.2) is 14.7 Å². The van der Waals surface area contributed by atoms with E-state index in [9.17, 15) is 14.7 Å². The van der Waals surface area contributed by atoms with E-state index >= 15 is 0 Å². The first kappa shape index (κ1) is 25.7. The van der Waals surface area contributed by atoms with Crippen molar-refractivity contribution < 1.29 is 14.7 Å². The normalized spacial score (nSPS) is 22.3. The summed E-state index contributed by atoms with van der Waals surface area (Å²) in [6, 6.07) is 5.17. The largest absolute Gasteiger partial charge is 0.465 e. The number of aromatic nitrogens is 2. The molecular weight excluding hydrogens is 505 g/mol. The number of carbonyl (C=O) groups excluding carboxylic acids is 1. The van der Waals surface area contributed by atoms with Crippen LogP contribution in [0.1, 0.15) is 33.0 Å². The number of carbonyl (C=O) groups is 2. The molecule has 0 bridgehead atoms. The number of carboxylic acid groups (broad SMARTS) is 1. The number of imidazole rings is 1. The van der Waals surface area contributed by atoms with Gasteiger partial charge in [-0.3, -0.25) is 4.79 Å². The molecule has 2 unspecified atom stereocenters. The summed E-state index contributed by atoms with van der Waals surface area (Å²) in [5.74, 6) is -0.208. The van der Waals surface area contributed by atoms with Gasteiger partial charge in [-0.2, -0.15) is 0 Å². The minimum atomic E-state index is -1.35. The van der Waals surface area contributed by atoms with Crippen molar-refractivity contribution in [3.63, 3.8) is 0 Å². The van der Waals surface area contributed by atoms with Gasteiger partial charge in [-0.15, -0.1) is 11.6 Å². The molecule has 6 nitrogen and oxygen atoms in total. The Bertz CT molecular complexity index is 1080. The topological polar surface area (TPSA) is 86.3 Å². The molecule has 2 N–H and O–H groups in total. The number of allylic oxidation sites excluding steroid dienone is 2. The Balaban J connectivity index is 2.05. The average Bonchev–Trinajstić information content (AvgIpc) is 3.25. The lowest BCUT2D eigenvalue weighted by atomic mass is 9.75. The first-order chi connectivity index (χ1) is 15.5. The minimum Gasteiger partial charge on any atom is -0.465 e. The number of halogens is 3. The number of rotatable bonds is 7. The van der Waals surface area contributed by atoms with Gasteiger partial charge in [0.15, 0.2) is 0 Å². The first-order valence-corrected chi connectivity index (χ1v) is 12.3. The van der Waals surface area contributed by atoms with Gasteiger partial charge in [0, 0.05) is 32.2 Å². The van der Waals surface area contributed by atoms with Gasteiger partial charge in [0.05, 0.1) is 16.8 Å². The molecule has 1 aliphatic carbocycles. The summed E-state index contributed by atoms with van der Waals surface area (Å²) in [5.41, 5.74) is -1.19. The lowest BCUT2D eigenvalue weighted by Gasteiger charge is -2.39. The van der Waals surface area contributed by atoms with Crippen molar-refractivity contribution in [2.24, 2.45) is 11.3 Å². The van der Waals surface area contributed by atoms with Crippen molar-refractivity contribution >= 4 is 58.6 Å². The summed E-state index contributed by atoms with van der Waals surface area (Å²) in [5, 5.41) is 10.8. The van der Waals surface area contributed by atoms with E-state index in [1.54, 1.807) is 42.6 Å². The van der Waals surface area contributed by atoms with E-state index in [4.69, 9.17) is 34.8 Å². The highest BCUT2D eigenvalue weighted by Crippen LogP contribution is 2.51. The number of nitrogens with zero attached hydrogens (tertiary/aromatic N) is 2. The Morgan fingerprint density at radius 1 is 1.21 bits per heavy atom.